The molecule has 0 atom stereocenters. The number of sulfonamides is 1. The molecule has 28 heavy (non-hydrogen) atoms. The highest BCUT2D eigenvalue weighted by Crippen LogP contribution is 2.33. The van der Waals surface area contributed by atoms with Crippen molar-refractivity contribution < 1.29 is 17.9 Å². The molecular weight excluding hydrogens is 384 g/mol. The van der Waals surface area contributed by atoms with Gasteiger partial charge in [0.15, 0.2) is 0 Å². The number of nitrogens with zero attached hydrogens (tertiary/aromatic N) is 4. The number of aromatic nitrogens is 1. The second kappa shape index (κ2) is 7.88. The van der Waals surface area contributed by atoms with E-state index in [0.717, 1.165) is 36.6 Å². The highest BCUT2D eigenvalue weighted by molar-refractivity contribution is 7.89. The first-order valence-corrected chi connectivity index (χ1v) is 10.6. The first kappa shape index (κ1) is 20.3. The molecule has 0 saturated carbocycles. The van der Waals surface area contributed by atoms with Gasteiger partial charge in [0.05, 0.1) is 15.5 Å². The predicted octanol–water partition coefficient (Wildman–Crippen LogP) is 3.01. The maximum atomic E-state index is 12.9. The summed E-state index contributed by atoms with van der Waals surface area (Å²) in [5.74, 6) is 0.649. The number of nitro benzene ring substituents is 1. The van der Waals surface area contributed by atoms with Crippen molar-refractivity contribution in [3.63, 3.8) is 0 Å². The minimum Gasteiger partial charge on any atom is -0.365 e. The van der Waals surface area contributed by atoms with Crippen molar-refractivity contribution in [3.05, 3.63) is 45.3 Å². The molecule has 0 radical (unpaired) electrons. The van der Waals surface area contributed by atoms with Crippen molar-refractivity contribution in [2.75, 3.05) is 25.0 Å². The molecule has 9 nitrogen and oxygen atoms in total. The molecule has 0 amide bonds. The van der Waals surface area contributed by atoms with Crippen LogP contribution in [0.15, 0.2) is 27.6 Å². The molecule has 1 aliphatic rings. The van der Waals surface area contributed by atoms with Gasteiger partial charge in [0.25, 0.3) is 5.69 Å². The molecule has 2 heterocycles. The predicted molar refractivity (Wildman–Crippen MR) is 104 cm³/mol. The van der Waals surface area contributed by atoms with Gasteiger partial charge in [0.2, 0.25) is 10.0 Å². The zero-order valence-electron chi connectivity index (χ0n) is 16.2. The van der Waals surface area contributed by atoms with Crippen LogP contribution >= 0.6 is 0 Å². The molecule has 152 valence electrons. The van der Waals surface area contributed by atoms with E-state index < -0.39 is 14.9 Å². The van der Waals surface area contributed by atoms with E-state index in [2.05, 4.69) is 5.16 Å². The molecule has 3 rings (SSSR count). The van der Waals surface area contributed by atoms with Crippen LogP contribution < -0.4 is 4.90 Å². The molecule has 1 fully saturated rings. The standard InChI is InChI=1S/C18H24N4O5S/c1-13-16(14(2)27-19-13)12-20(3)17-8-7-15(11-18(17)22(23)24)28(25,26)21-9-5-4-6-10-21/h7-8,11H,4-6,9-10,12H2,1-3H3. The van der Waals surface area contributed by atoms with Gasteiger partial charge in [-0.25, -0.2) is 8.42 Å². The Kier molecular flexibility index (Phi) is 5.71. The lowest BCUT2D eigenvalue weighted by Gasteiger charge is -2.26. The third-order valence-corrected chi connectivity index (χ3v) is 6.98. The SMILES string of the molecule is Cc1noc(C)c1CN(C)c1ccc(S(=O)(=O)N2CCCCC2)cc1[N+](=O)[O-]. The van der Waals surface area contributed by atoms with Gasteiger partial charge < -0.3 is 9.42 Å². The quantitative estimate of drug-likeness (QED) is 0.534. The minimum absolute atomic E-state index is 0.0458. The first-order chi connectivity index (χ1) is 13.2. The molecule has 1 saturated heterocycles. The summed E-state index contributed by atoms with van der Waals surface area (Å²) in [4.78, 5) is 12.8. The molecule has 10 heteroatoms. The molecule has 1 aromatic carbocycles. The number of rotatable bonds is 6. The Labute approximate surface area is 164 Å². The van der Waals surface area contributed by atoms with E-state index in [9.17, 15) is 18.5 Å². The molecule has 2 aromatic rings. The Balaban J connectivity index is 1.94. The maximum Gasteiger partial charge on any atom is 0.293 e. The van der Waals surface area contributed by atoms with Crippen LogP contribution in [0.1, 0.15) is 36.3 Å². The monoisotopic (exact) mass is 408 g/mol. The van der Waals surface area contributed by atoms with Crippen molar-refractivity contribution in [3.8, 4) is 0 Å². The lowest BCUT2D eigenvalue weighted by molar-refractivity contribution is -0.384. The smallest absolute Gasteiger partial charge is 0.293 e. The highest BCUT2D eigenvalue weighted by Gasteiger charge is 2.29. The van der Waals surface area contributed by atoms with Crippen LogP contribution in [0, 0.1) is 24.0 Å². The van der Waals surface area contributed by atoms with Crippen LogP contribution in [-0.4, -0.2) is 42.9 Å². The summed E-state index contributed by atoms with van der Waals surface area (Å²) in [5, 5.41) is 15.6. The summed E-state index contributed by atoms with van der Waals surface area (Å²) >= 11 is 0. The van der Waals surface area contributed by atoms with E-state index >= 15 is 0 Å². The van der Waals surface area contributed by atoms with Crippen LogP contribution in [-0.2, 0) is 16.6 Å². The van der Waals surface area contributed by atoms with Crippen molar-refractivity contribution in [2.24, 2.45) is 0 Å². The number of nitro groups is 1. The Morgan fingerprint density at radius 2 is 1.93 bits per heavy atom. The summed E-state index contributed by atoms with van der Waals surface area (Å²) in [5.41, 5.74) is 1.66. The fourth-order valence-corrected chi connectivity index (χ4v) is 4.97. The largest absolute Gasteiger partial charge is 0.365 e. The van der Waals surface area contributed by atoms with Gasteiger partial charge in [-0.2, -0.15) is 4.31 Å². The average molecular weight is 408 g/mol. The van der Waals surface area contributed by atoms with Gasteiger partial charge >= 0.3 is 0 Å². The van der Waals surface area contributed by atoms with E-state index in [1.54, 1.807) is 18.9 Å². The van der Waals surface area contributed by atoms with Crippen molar-refractivity contribution in [1.82, 2.24) is 9.46 Å². The Hall–Kier alpha value is -2.46. The molecule has 0 spiro atoms. The van der Waals surface area contributed by atoms with Crippen molar-refractivity contribution >= 4 is 21.4 Å². The second-order valence-electron chi connectivity index (χ2n) is 7.03. The molecule has 0 N–H and O–H groups in total. The number of piperidine rings is 1. The second-order valence-corrected chi connectivity index (χ2v) is 8.97. The van der Waals surface area contributed by atoms with E-state index in [0.29, 0.717) is 31.1 Å². The van der Waals surface area contributed by atoms with Crippen molar-refractivity contribution in [2.45, 2.75) is 44.6 Å². The van der Waals surface area contributed by atoms with E-state index in [4.69, 9.17) is 4.52 Å². The maximum absolute atomic E-state index is 12.9. The summed E-state index contributed by atoms with van der Waals surface area (Å²) in [7, 11) is -2.02. The van der Waals surface area contributed by atoms with Crippen LogP contribution in [0.2, 0.25) is 0 Å². The Bertz CT molecular complexity index is 960. The number of benzene rings is 1. The summed E-state index contributed by atoms with van der Waals surface area (Å²) in [6, 6.07) is 4.09. The van der Waals surface area contributed by atoms with Crippen LogP contribution in [0.4, 0.5) is 11.4 Å². The fourth-order valence-electron chi connectivity index (χ4n) is 3.44. The number of hydrogen-bond acceptors (Lipinski definition) is 7. The van der Waals surface area contributed by atoms with Crippen LogP contribution in [0.3, 0.4) is 0 Å². The van der Waals surface area contributed by atoms with Gasteiger partial charge in [0, 0.05) is 38.3 Å². The molecule has 0 bridgehead atoms. The molecule has 1 aromatic heterocycles. The van der Waals surface area contributed by atoms with Crippen molar-refractivity contribution in [1.29, 1.82) is 0 Å². The van der Waals surface area contributed by atoms with Crippen LogP contribution in [0.5, 0.6) is 0 Å². The van der Waals surface area contributed by atoms with Crippen LogP contribution in [0.25, 0.3) is 0 Å². The molecule has 0 aliphatic carbocycles. The van der Waals surface area contributed by atoms with Gasteiger partial charge in [-0.15, -0.1) is 0 Å². The zero-order valence-corrected chi connectivity index (χ0v) is 17.0. The van der Waals surface area contributed by atoms with E-state index in [-0.39, 0.29) is 10.6 Å². The Morgan fingerprint density at radius 3 is 2.50 bits per heavy atom. The van der Waals surface area contributed by atoms with E-state index in [1.165, 1.54) is 16.4 Å². The molecular formula is C18H24N4O5S. The van der Waals surface area contributed by atoms with Gasteiger partial charge in [0.1, 0.15) is 11.4 Å². The summed E-state index contributed by atoms with van der Waals surface area (Å²) in [6.45, 7) is 4.85. The highest BCUT2D eigenvalue weighted by atomic mass is 32.2. The average Bonchev–Trinajstić information content (AvgIpc) is 3.00. The Morgan fingerprint density at radius 1 is 1.25 bits per heavy atom. The lowest BCUT2D eigenvalue weighted by atomic mass is 10.1. The third kappa shape index (κ3) is 3.88. The van der Waals surface area contributed by atoms with Gasteiger partial charge in [-0.3, -0.25) is 10.1 Å². The lowest BCUT2D eigenvalue weighted by Crippen LogP contribution is -2.35. The van der Waals surface area contributed by atoms with Gasteiger partial charge in [-0.1, -0.05) is 11.6 Å². The van der Waals surface area contributed by atoms with Gasteiger partial charge in [-0.05, 0) is 38.8 Å². The minimum atomic E-state index is -3.74. The normalized spacial score (nSPS) is 15.5. The third-order valence-electron chi connectivity index (χ3n) is 5.08. The summed E-state index contributed by atoms with van der Waals surface area (Å²) in [6.07, 6.45) is 2.61. The number of anilines is 1. The fraction of sp³-hybridized carbons (Fsp3) is 0.500. The summed E-state index contributed by atoms with van der Waals surface area (Å²) < 4.78 is 32.3. The molecule has 1 aliphatic heterocycles. The van der Waals surface area contributed by atoms with E-state index in [1.807, 2.05) is 6.92 Å². The number of aryl methyl sites for hydroxylation is 2. The molecule has 0 unspecified atom stereocenters. The topological polar surface area (TPSA) is 110 Å². The number of hydrogen-bond donors (Lipinski definition) is 0. The zero-order chi connectivity index (χ0) is 20.5. The first-order valence-electron chi connectivity index (χ1n) is 9.13.